The van der Waals surface area contributed by atoms with Crippen molar-refractivity contribution < 1.29 is 14.3 Å². The van der Waals surface area contributed by atoms with E-state index in [2.05, 4.69) is 16.5 Å². The number of aromatic nitrogens is 2. The number of hydrogen-bond donors (Lipinski definition) is 2. The monoisotopic (exact) mass is 342 g/mol. The van der Waals surface area contributed by atoms with Crippen LogP contribution in [0.25, 0.3) is 0 Å². The SMILES string of the molecule is CCOC(=O)c1cnn(CC(=O)Nc2cccc3c2CCCC3)c1N. The van der Waals surface area contributed by atoms with Gasteiger partial charge in [0.2, 0.25) is 5.91 Å². The van der Waals surface area contributed by atoms with Crippen molar-refractivity contribution in [1.82, 2.24) is 9.78 Å². The Balaban J connectivity index is 1.71. The van der Waals surface area contributed by atoms with E-state index in [4.69, 9.17) is 10.5 Å². The first-order valence-electron chi connectivity index (χ1n) is 8.49. The van der Waals surface area contributed by atoms with Gasteiger partial charge in [0.15, 0.2) is 0 Å². The number of ether oxygens (including phenoxy) is 1. The summed E-state index contributed by atoms with van der Waals surface area (Å²) in [7, 11) is 0. The largest absolute Gasteiger partial charge is 0.462 e. The molecule has 3 rings (SSSR count). The number of hydrogen-bond acceptors (Lipinski definition) is 5. The topological polar surface area (TPSA) is 99.2 Å². The first-order chi connectivity index (χ1) is 12.1. The van der Waals surface area contributed by atoms with Gasteiger partial charge in [0.05, 0.1) is 12.8 Å². The Morgan fingerprint density at radius 2 is 2.12 bits per heavy atom. The van der Waals surface area contributed by atoms with Crippen molar-refractivity contribution in [3.8, 4) is 0 Å². The van der Waals surface area contributed by atoms with Crippen LogP contribution in [0.15, 0.2) is 24.4 Å². The van der Waals surface area contributed by atoms with E-state index in [0.29, 0.717) is 0 Å². The first kappa shape index (κ1) is 17.0. The second-order valence-electron chi connectivity index (χ2n) is 6.02. The summed E-state index contributed by atoms with van der Waals surface area (Å²) >= 11 is 0. The number of nitrogen functional groups attached to an aromatic ring is 1. The summed E-state index contributed by atoms with van der Waals surface area (Å²) in [4.78, 5) is 24.1. The van der Waals surface area contributed by atoms with Crippen LogP contribution >= 0.6 is 0 Å². The Morgan fingerprint density at radius 1 is 1.32 bits per heavy atom. The smallest absolute Gasteiger partial charge is 0.343 e. The Morgan fingerprint density at radius 3 is 2.92 bits per heavy atom. The molecule has 1 amide bonds. The zero-order chi connectivity index (χ0) is 17.8. The number of nitrogens with two attached hydrogens (primary N) is 1. The molecule has 3 N–H and O–H groups in total. The van der Waals surface area contributed by atoms with E-state index in [1.54, 1.807) is 6.92 Å². The summed E-state index contributed by atoms with van der Waals surface area (Å²) in [5.74, 6) is -0.642. The Labute approximate surface area is 146 Å². The van der Waals surface area contributed by atoms with Crippen LogP contribution in [0.4, 0.5) is 11.5 Å². The molecule has 0 radical (unpaired) electrons. The molecule has 0 fully saturated rings. The van der Waals surface area contributed by atoms with Crippen molar-refractivity contribution in [3.63, 3.8) is 0 Å². The maximum Gasteiger partial charge on any atom is 0.343 e. The Hall–Kier alpha value is -2.83. The van der Waals surface area contributed by atoms with Crippen molar-refractivity contribution in [2.45, 2.75) is 39.2 Å². The van der Waals surface area contributed by atoms with Gasteiger partial charge in [-0.15, -0.1) is 0 Å². The molecular formula is C18H22N4O3. The Kier molecular flexibility index (Phi) is 5.02. The molecule has 0 saturated heterocycles. The number of nitrogens with one attached hydrogen (secondary N) is 1. The van der Waals surface area contributed by atoms with E-state index in [9.17, 15) is 9.59 Å². The number of esters is 1. The number of carbonyl (C=O) groups is 2. The average molecular weight is 342 g/mol. The standard InChI is InChI=1S/C18H22N4O3/c1-2-25-18(24)14-10-20-22(17(14)19)11-16(23)21-15-9-5-7-12-6-3-4-8-13(12)15/h5,7,9-10H,2-4,6,8,11,19H2,1H3,(H,21,23). The number of aryl methyl sites for hydroxylation is 1. The summed E-state index contributed by atoms with van der Waals surface area (Å²) in [6.07, 6.45) is 5.67. The van der Waals surface area contributed by atoms with Gasteiger partial charge in [0.1, 0.15) is 17.9 Å². The van der Waals surface area contributed by atoms with Crippen LogP contribution in [-0.4, -0.2) is 28.3 Å². The molecule has 25 heavy (non-hydrogen) atoms. The van der Waals surface area contributed by atoms with Crippen molar-refractivity contribution in [1.29, 1.82) is 0 Å². The van der Waals surface area contributed by atoms with Crippen molar-refractivity contribution >= 4 is 23.4 Å². The van der Waals surface area contributed by atoms with E-state index >= 15 is 0 Å². The van der Waals surface area contributed by atoms with E-state index in [1.807, 2.05) is 12.1 Å². The third-order valence-electron chi connectivity index (χ3n) is 4.34. The molecule has 1 aromatic heterocycles. The molecule has 0 bridgehead atoms. The van der Waals surface area contributed by atoms with Crippen LogP contribution in [0.1, 0.15) is 41.3 Å². The first-order valence-corrected chi connectivity index (χ1v) is 8.49. The molecule has 7 nitrogen and oxygen atoms in total. The molecule has 0 spiro atoms. The zero-order valence-corrected chi connectivity index (χ0v) is 14.2. The van der Waals surface area contributed by atoms with Crippen LogP contribution in [0.3, 0.4) is 0 Å². The molecule has 2 aromatic rings. The number of rotatable bonds is 5. The van der Waals surface area contributed by atoms with Gasteiger partial charge in [-0.3, -0.25) is 4.79 Å². The summed E-state index contributed by atoms with van der Waals surface area (Å²) < 4.78 is 6.21. The van der Waals surface area contributed by atoms with Gasteiger partial charge < -0.3 is 15.8 Å². The van der Waals surface area contributed by atoms with Gasteiger partial charge in [-0.1, -0.05) is 12.1 Å². The molecular weight excluding hydrogens is 320 g/mol. The fraction of sp³-hybridized carbons (Fsp3) is 0.389. The summed E-state index contributed by atoms with van der Waals surface area (Å²) in [6.45, 7) is 1.91. The number of carbonyl (C=O) groups excluding carboxylic acids is 2. The normalized spacial score (nSPS) is 13.2. The fourth-order valence-electron chi connectivity index (χ4n) is 3.11. The molecule has 132 valence electrons. The van der Waals surface area contributed by atoms with Crippen molar-refractivity contribution in [2.75, 3.05) is 17.7 Å². The third kappa shape index (κ3) is 3.65. The molecule has 1 aromatic carbocycles. The van der Waals surface area contributed by atoms with Gasteiger partial charge >= 0.3 is 5.97 Å². The summed E-state index contributed by atoms with van der Waals surface area (Å²) in [6, 6.07) is 5.99. The maximum absolute atomic E-state index is 12.4. The van der Waals surface area contributed by atoms with Crippen LogP contribution in [0.2, 0.25) is 0 Å². The predicted molar refractivity (Wildman–Crippen MR) is 94.3 cm³/mol. The van der Waals surface area contributed by atoms with Gasteiger partial charge in [0.25, 0.3) is 0 Å². The van der Waals surface area contributed by atoms with Gasteiger partial charge in [0, 0.05) is 5.69 Å². The minimum Gasteiger partial charge on any atom is -0.462 e. The number of benzene rings is 1. The molecule has 0 atom stereocenters. The lowest BCUT2D eigenvalue weighted by molar-refractivity contribution is -0.116. The lowest BCUT2D eigenvalue weighted by atomic mass is 9.90. The highest BCUT2D eigenvalue weighted by Crippen LogP contribution is 2.27. The van der Waals surface area contributed by atoms with Crippen LogP contribution < -0.4 is 11.1 Å². The number of amides is 1. The molecule has 1 heterocycles. The Bertz CT molecular complexity index is 798. The van der Waals surface area contributed by atoms with Crippen molar-refractivity contribution in [3.05, 3.63) is 41.1 Å². The second kappa shape index (κ2) is 7.38. The molecule has 7 heteroatoms. The van der Waals surface area contributed by atoms with Crippen LogP contribution in [0, 0.1) is 0 Å². The van der Waals surface area contributed by atoms with Crippen molar-refractivity contribution in [2.24, 2.45) is 0 Å². The third-order valence-corrected chi connectivity index (χ3v) is 4.34. The molecule has 0 unspecified atom stereocenters. The number of fused-ring (bicyclic) bond motifs is 1. The minimum atomic E-state index is -0.538. The zero-order valence-electron chi connectivity index (χ0n) is 14.2. The second-order valence-corrected chi connectivity index (χ2v) is 6.02. The lowest BCUT2D eigenvalue weighted by Crippen LogP contribution is -2.22. The fourth-order valence-corrected chi connectivity index (χ4v) is 3.11. The van der Waals surface area contributed by atoms with E-state index in [1.165, 1.54) is 28.4 Å². The van der Waals surface area contributed by atoms with Crippen LogP contribution in [0.5, 0.6) is 0 Å². The van der Waals surface area contributed by atoms with E-state index in [-0.39, 0.29) is 30.4 Å². The molecule has 0 aliphatic heterocycles. The van der Waals surface area contributed by atoms with Crippen LogP contribution in [-0.2, 0) is 28.9 Å². The van der Waals surface area contributed by atoms with Gasteiger partial charge in [-0.05, 0) is 49.8 Å². The highest BCUT2D eigenvalue weighted by molar-refractivity contribution is 5.95. The lowest BCUT2D eigenvalue weighted by Gasteiger charge is -2.19. The average Bonchev–Trinajstić information content (AvgIpc) is 2.96. The van der Waals surface area contributed by atoms with Gasteiger partial charge in [-0.25, -0.2) is 9.48 Å². The van der Waals surface area contributed by atoms with Gasteiger partial charge in [-0.2, -0.15) is 5.10 Å². The quantitative estimate of drug-likeness (QED) is 0.811. The highest BCUT2D eigenvalue weighted by atomic mass is 16.5. The summed E-state index contributed by atoms with van der Waals surface area (Å²) in [5, 5.41) is 6.96. The maximum atomic E-state index is 12.4. The molecule has 1 aliphatic carbocycles. The molecule has 1 aliphatic rings. The van der Waals surface area contributed by atoms with E-state index in [0.717, 1.165) is 24.9 Å². The van der Waals surface area contributed by atoms with E-state index < -0.39 is 5.97 Å². The molecule has 0 saturated carbocycles. The number of anilines is 2. The minimum absolute atomic E-state index is 0.0606. The number of nitrogens with zero attached hydrogens (tertiary/aromatic N) is 2. The summed E-state index contributed by atoms with van der Waals surface area (Å²) in [5.41, 5.74) is 9.43. The highest BCUT2D eigenvalue weighted by Gasteiger charge is 2.19. The predicted octanol–water partition coefficient (Wildman–Crippen LogP) is 2.16.